The number of nitrogens with zero attached hydrogens (tertiary/aromatic N) is 2. The summed E-state index contributed by atoms with van der Waals surface area (Å²) < 4.78 is 24.4. The number of hydrogen-bond donors (Lipinski definition) is 0. The van der Waals surface area contributed by atoms with Crippen LogP contribution in [0, 0.1) is 5.41 Å². The molecular formula is C37H34N2O6. The highest BCUT2D eigenvalue weighted by molar-refractivity contribution is 6.05. The van der Waals surface area contributed by atoms with E-state index in [4.69, 9.17) is 28.9 Å². The van der Waals surface area contributed by atoms with Gasteiger partial charge in [-0.25, -0.2) is 19.6 Å². The lowest BCUT2D eigenvalue weighted by atomic mass is 9.92. The fourth-order valence-electron chi connectivity index (χ4n) is 5.40. The van der Waals surface area contributed by atoms with Crippen LogP contribution < -0.4 is 0 Å². The van der Waals surface area contributed by atoms with Crippen molar-refractivity contribution in [2.45, 2.75) is 38.1 Å². The maximum Gasteiger partial charge on any atom is 0.338 e. The van der Waals surface area contributed by atoms with Gasteiger partial charge in [0.25, 0.3) is 0 Å². The van der Waals surface area contributed by atoms with Gasteiger partial charge in [-0.1, -0.05) is 97.1 Å². The van der Waals surface area contributed by atoms with Crippen molar-refractivity contribution < 1.29 is 28.5 Å². The Morgan fingerprint density at radius 3 is 1.29 bits per heavy atom. The Balaban J connectivity index is 1.24. The lowest BCUT2D eigenvalue weighted by Crippen LogP contribution is -2.34. The number of aliphatic imine (C=N–C) groups is 2. The lowest BCUT2D eigenvalue weighted by molar-refractivity contribution is 0.0204. The van der Waals surface area contributed by atoms with Crippen LogP contribution in [-0.2, 0) is 18.9 Å². The SMILES string of the molecule is CC(C)(C1=N[C@@H]([C@@H](OC(=O)c2ccccc2)c2ccccc2)CO1)C1=N[C@@H]([C@@H](OC(=O)c2ccccc2)c2ccccc2)CO1. The number of benzene rings is 4. The summed E-state index contributed by atoms with van der Waals surface area (Å²) in [4.78, 5) is 36.0. The summed E-state index contributed by atoms with van der Waals surface area (Å²) in [6, 6.07) is 35.9. The van der Waals surface area contributed by atoms with Gasteiger partial charge in [0.1, 0.15) is 30.7 Å². The summed E-state index contributed by atoms with van der Waals surface area (Å²) in [5, 5.41) is 0. The molecule has 4 aromatic carbocycles. The molecule has 4 aromatic rings. The van der Waals surface area contributed by atoms with Crippen LogP contribution in [0.4, 0.5) is 0 Å². The highest BCUT2D eigenvalue weighted by Crippen LogP contribution is 2.36. The second-order valence-electron chi connectivity index (χ2n) is 11.5. The molecule has 0 aliphatic carbocycles. The third-order valence-corrected chi connectivity index (χ3v) is 7.86. The van der Waals surface area contributed by atoms with Crippen LogP contribution in [0.25, 0.3) is 0 Å². The maximum atomic E-state index is 13.1. The highest BCUT2D eigenvalue weighted by atomic mass is 16.6. The molecule has 0 bridgehead atoms. The molecule has 0 amide bonds. The second-order valence-corrected chi connectivity index (χ2v) is 11.5. The van der Waals surface area contributed by atoms with Gasteiger partial charge in [0, 0.05) is 0 Å². The Bertz CT molecular complexity index is 1550. The number of carbonyl (C=O) groups excluding carboxylic acids is 2. The average Bonchev–Trinajstić information content (AvgIpc) is 3.80. The zero-order valence-electron chi connectivity index (χ0n) is 25.1. The van der Waals surface area contributed by atoms with E-state index in [1.807, 2.05) is 86.6 Å². The third-order valence-electron chi connectivity index (χ3n) is 7.86. The molecule has 0 saturated heterocycles. The van der Waals surface area contributed by atoms with E-state index in [0.29, 0.717) is 22.9 Å². The zero-order chi connectivity index (χ0) is 31.2. The molecule has 2 aliphatic heterocycles. The van der Waals surface area contributed by atoms with Gasteiger partial charge in [0.15, 0.2) is 24.0 Å². The standard InChI is InChI=1S/C37H34N2O6/c1-37(2,35-38-29(23-42-35)31(25-15-7-3-8-16-25)44-33(40)27-19-11-5-12-20-27)36-39-30(24-43-36)32(26-17-9-4-10-18-26)45-34(41)28-21-13-6-14-22-28/h3-22,29-32H,23-24H2,1-2H3/t29-,30-,31+,32+/m1/s1. The molecule has 0 N–H and O–H groups in total. The fourth-order valence-corrected chi connectivity index (χ4v) is 5.40. The molecule has 2 aliphatic rings. The summed E-state index contributed by atoms with van der Waals surface area (Å²) in [6.07, 6.45) is -1.32. The highest BCUT2D eigenvalue weighted by Gasteiger charge is 2.45. The van der Waals surface area contributed by atoms with Gasteiger partial charge >= 0.3 is 11.9 Å². The monoisotopic (exact) mass is 602 g/mol. The van der Waals surface area contributed by atoms with E-state index in [0.717, 1.165) is 11.1 Å². The van der Waals surface area contributed by atoms with Crippen LogP contribution in [0.5, 0.6) is 0 Å². The summed E-state index contributed by atoms with van der Waals surface area (Å²) in [6.45, 7) is 4.30. The van der Waals surface area contributed by atoms with E-state index in [2.05, 4.69) is 0 Å². The van der Waals surface area contributed by atoms with Gasteiger partial charge in [-0.05, 0) is 49.2 Å². The first-order chi connectivity index (χ1) is 21.9. The van der Waals surface area contributed by atoms with E-state index >= 15 is 0 Å². The number of rotatable bonds is 10. The van der Waals surface area contributed by atoms with E-state index in [-0.39, 0.29) is 13.2 Å². The number of hydrogen-bond acceptors (Lipinski definition) is 8. The molecule has 0 radical (unpaired) electrons. The molecule has 0 fully saturated rings. The van der Waals surface area contributed by atoms with E-state index in [1.54, 1.807) is 48.5 Å². The van der Waals surface area contributed by atoms with Crippen molar-refractivity contribution in [2.24, 2.45) is 15.4 Å². The minimum atomic E-state index is -0.834. The first-order valence-electron chi connectivity index (χ1n) is 14.9. The Kier molecular flexibility index (Phi) is 8.73. The van der Waals surface area contributed by atoms with Crippen molar-refractivity contribution in [2.75, 3.05) is 13.2 Å². The van der Waals surface area contributed by atoms with Gasteiger partial charge in [-0.15, -0.1) is 0 Å². The van der Waals surface area contributed by atoms with Gasteiger partial charge in [-0.2, -0.15) is 0 Å². The topological polar surface area (TPSA) is 95.8 Å². The predicted octanol–water partition coefficient (Wildman–Crippen LogP) is 6.80. The summed E-state index contributed by atoms with van der Waals surface area (Å²) >= 11 is 0. The van der Waals surface area contributed by atoms with E-state index < -0.39 is 41.6 Å². The molecule has 8 nitrogen and oxygen atoms in total. The van der Waals surface area contributed by atoms with Crippen molar-refractivity contribution in [1.29, 1.82) is 0 Å². The average molecular weight is 603 g/mol. The van der Waals surface area contributed by atoms with Crippen LogP contribution in [0.1, 0.15) is 57.9 Å². The smallest absolute Gasteiger partial charge is 0.338 e. The number of ether oxygens (including phenoxy) is 4. The molecule has 2 heterocycles. The molecular weight excluding hydrogens is 568 g/mol. The minimum absolute atomic E-state index is 0.221. The first kappa shape index (κ1) is 29.8. The summed E-state index contributed by atoms with van der Waals surface area (Å²) in [5.41, 5.74) is 1.72. The lowest BCUT2D eigenvalue weighted by Gasteiger charge is -2.22. The largest absolute Gasteiger partial charge is 0.478 e. The zero-order valence-corrected chi connectivity index (χ0v) is 25.1. The Hall–Kier alpha value is -5.24. The minimum Gasteiger partial charge on any atom is -0.478 e. The van der Waals surface area contributed by atoms with Crippen LogP contribution in [-0.4, -0.2) is 49.0 Å². The molecule has 0 unspecified atom stereocenters. The fraction of sp³-hybridized carbons (Fsp3) is 0.243. The Morgan fingerprint density at radius 2 is 0.933 bits per heavy atom. The molecule has 0 aromatic heterocycles. The summed E-state index contributed by atoms with van der Waals surface area (Å²) in [5.74, 6) is -0.00585. The quantitative estimate of drug-likeness (QED) is 0.185. The molecule has 45 heavy (non-hydrogen) atoms. The van der Waals surface area contributed by atoms with Gasteiger partial charge in [-0.3, -0.25) is 0 Å². The number of esters is 2. The van der Waals surface area contributed by atoms with Crippen molar-refractivity contribution in [3.8, 4) is 0 Å². The maximum absolute atomic E-state index is 13.1. The van der Waals surface area contributed by atoms with E-state index in [9.17, 15) is 9.59 Å². The molecule has 0 saturated carbocycles. The predicted molar refractivity (Wildman–Crippen MR) is 170 cm³/mol. The normalized spacial score (nSPS) is 18.9. The van der Waals surface area contributed by atoms with Crippen LogP contribution in [0.3, 0.4) is 0 Å². The van der Waals surface area contributed by atoms with E-state index in [1.165, 1.54) is 0 Å². The van der Waals surface area contributed by atoms with Crippen molar-refractivity contribution in [1.82, 2.24) is 0 Å². The van der Waals surface area contributed by atoms with Gasteiger partial charge in [0.2, 0.25) is 0 Å². The molecule has 8 heteroatoms. The Morgan fingerprint density at radius 1 is 0.600 bits per heavy atom. The van der Waals surface area contributed by atoms with Crippen LogP contribution in [0.2, 0.25) is 0 Å². The number of carbonyl (C=O) groups is 2. The van der Waals surface area contributed by atoms with Crippen molar-refractivity contribution >= 4 is 23.7 Å². The molecule has 0 spiro atoms. The van der Waals surface area contributed by atoms with Gasteiger partial charge in [0.05, 0.1) is 11.1 Å². The molecule has 4 atom stereocenters. The molecule has 228 valence electrons. The second kappa shape index (κ2) is 13.2. The third kappa shape index (κ3) is 6.65. The van der Waals surface area contributed by atoms with Crippen LogP contribution >= 0.6 is 0 Å². The first-order valence-corrected chi connectivity index (χ1v) is 14.9. The van der Waals surface area contributed by atoms with Gasteiger partial charge < -0.3 is 18.9 Å². The molecule has 6 rings (SSSR count). The Labute approximate surface area is 262 Å². The van der Waals surface area contributed by atoms with Crippen LogP contribution in [0.15, 0.2) is 131 Å². The summed E-state index contributed by atoms with van der Waals surface area (Å²) in [7, 11) is 0. The van der Waals surface area contributed by atoms with Crippen molar-refractivity contribution in [3.63, 3.8) is 0 Å². The van der Waals surface area contributed by atoms with Crippen molar-refractivity contribution in [3.05, 3.63) is 144 Å².